The minimum atomic E-state index is -1.45. The van der Waals surface area contributed by atoms with Crippen molar-refractivity contribution in [2.24, 2.45) is 0 Å². The third kappa shape index (κ3) is 3.97. The zero-order valence-electron chi connectivity index (χ0n) is 17.7. The second-order valence-corrected chi connectivity index (χ2v) is 7.92. The summed E-state index contributed by atoms with van der Waals surface area (Å²) >= 11 is 0. The zero-order valence-corrected chi connectivity index (χ0v) is 17.7. The highest BCUT2D eigenvalue weighted by molar-refractivity contribution is 6.61. The summed E-state index contributed by atoms with van der Waals surface area (Å²) in [6.45, 7) is 0. The number of nitro groups is 1. The van der Waals surface area contributed by atoms with E-state index in [1.165, 1.54) is 18.2 Å². The number of ether oxygens (including phenoxy) is 1. The van der Waals surface area contributed by atoms with E-state index in [1.54, 1.807) is 24.4 Å². The number of ketones is 1. The van der Waals surface area contributed by atoms with Gasteiger partial charge in [0, 0.05) is 23.5 Å². The molecule has 3 aromatic rings. The number of methoxy groups -OCH3 is 1. The normalized spacial score (nSPS) is 14.3. The van der Waals surface area contributed by atoms with E-state index in [0.717, 1.165) is 42.1 Å². The molecule has 2 aliphatic carbocycles. The first-order valence-electron chi connectivity index (χ1n) is 10.5. The Morgan fingerprint density at radius 1 is 1.00 bits per heavy atom. The van der Waals surface area contributed by atoms with Gasteiger partial charge in [-0.1, -0.05) is 18.2 Å². The molecule has 9 heteroatoms. The lowest BCUT2D eigenvalue weighted by atomic mass is 9.76. The number of rotatable bonds is 3. The third-order valence-corrected chi connectivity index (χ3v) is 6.02. The molecule has 0 radical (unpaired) electrons. The molecule has 2 aliphatic rings. The Morgan fingerprint density at radius 2 is 1.66 bits per heavy atom. The number of nitrogens with zero attached hydrogens (tertiary/aromatic N) is 2. The SMILES string of the molecule is COc1ccc2c(c1[N+](=O)[O-])C(=O)CCC2.OB(O)c1ccc2c3c(ccnc13)CCC2. The standard InChI is InChI=1S/C12H12BNO2.C11H11NO4/c15-13(16)10-5-4-8-2-1-3-9-6-7-14-12(10)11(8)9;1-16-9-6-5-7-3-2-4-8(13)10(7)11(9)12(14)15/h4-7,15-16H,1-3H2;5-6H,2-4H2,1H3. The first kappa shape index (κ1) is 21.9. The number of hydrogen-bond acceptors (Lipinski definition) is 7. The summed E-state index contributed by atoms with van der Waals surface area (Å²) in [4.78, 5) is 26.4. The van der Waals surface area contributed by atoms with Crippen molar-refractivity contribution >= 4 is 35.0 Å². The van der Waals surface area contributed by atoms with E-state index < -0.39 is 12.0 Å². The molecular weight excluding hydrogens is 411 g/mol. The molecular formula is C23H23BN2O6. The molecule has 32 heavy (non-hydrogen) atoms. The number of nitro benzene ring substituents is 1. The van der Waals surface area contributed by atoms with E-state index in [0.29, 0.717) is 18.3 Å². The van der Waals surface area contributed by atoms with Crippen LogP contribution in [-0.4, -0.2) is 40.0 Å². The molecule has 8 nitrogen and oxygen atoms in total. The largest absolute Gasteiger partial charge is 0.490 e. The minimum Gasteiger partial charge on any atom is -0.490 e. The van der Waals surface area contributed by atoms with Crippen LogP contribution in [0.3, 0.4) is 0 Å². The van der Waals surface area contributed by atoms with Crippen molar-refractivity contribution in [3.8, 4) is 5.75 Å². The molecule has 2 aromatic carbocycles. The summed E-state index contributed by atoms with van der Waals surface area (Å²) in [6.07, 6.45) is 6.86. The highest BCUT2D eigenvalue weighted by Gasteiger charge is 2.30. The van der Waals surface area contributed by atoms with Gasteiger partial charge in [0.2, 0.25) is 0 Å². The van der Waals surface area contributed by atoms with Gasteiger partial charge in [-0.25, -0.2) is 0 Å². The van der Waals surface area contributed by atoms with Crippen molar-refractivity contribution in [2.45, 2.75) is 38.5 Å². The van der Waals surface area contributed by atoms with E-state index >= 15 is 0 Å². The van der Waals surface area contributed by atoms with Crippen LogP contribution in [0.25, 0.3) is 10.9 Å². The molecule has 0 fully saturated rings. The first-order chi connectivity index (χ1) is 15.4. The van der Waals surface area contributed by atoms with Crippen molar-refractivity contribution in [2.75, 3.05) is 7.11 Å². The van der Waals surface area contributed by atoms with Gasteiger partial charge in [0.1, 0.15) is 5.56 Å². The molecule has 2 N–H and O–H groups in total. The third-order valence-electron chi connectivity index (χ3n) is 6.02. The van der Waals surface area contributed by atoms with Gasteiger partial charge in [-0.3, -0.25) is 19.9 Å². The lowest BCUT2D eigenvalue weighted by molar-refractivity contribution is -0.386. The average Bonchev–Trinajstić information content (AvgIpc) is 2.79. The number of aryl methyl sites for hydroxylation is 3. The van der Waals surface area contributed by atoms with Crippen molar-refractivity contribution < 1.29 is 24.5 Å². The van der Waals surface area contributed by atoms with Crippen molar-refractivity contribution in [1.29, 1.82) is 0 Å². The van der Waals surface area contributed by atoms with Crippen LogP contribution in [0.5, 0.6) is 5.75 Å². The van der Waals surface area contributed by atoms with E-state index in [2.05, 4.69) is 4.98 Å². The molecule has 0 atom stereocenters. The fourth-order valence-corrected chi connectivity index (χ4v) is 4.57. The Hall–Kier alpha value is -3.30. The maximum atomic E-state index is 11.7. The Labute approximate surface area is 185 Å². The molecule has 0 aliphatic heterocycles. The zero-order chi connectivity index (χ0) is 22.8. The van der Waals surface area contributed by atoms with Gasteiger partial charge in [0.25, 0.3) is 0 Å². The Morgan fingerprint density at radius 3 is 2.34 bits per heavy atom. The van der Waals surface area contributed by atoms with Crippen LogP contribution in [0.4, 0.5) is 5.69 Å². The molecule has 164 valence electrons. The summed E-state index contributed by atoms with van der Waals surface area (Å²) < 4.78 is 4.93. The highest BCUT2D eigenvalue weighted by Crippen LogP contribution is 2.36. The van der Waals surface area contributed by atoms with Crippen LogP contribution in [0, 0.1) is 10.1 Å². The molecule has 0 unspecified atom stereocenters. The number of carbonyl (C=O) groups excluding carboxylic acids is 1. The predicted octanol–water partition coefficient (Wildman–Crippen LogP) is 2.53. The molecule has 1 heterocycles. The van der Waals surface area contributed by atoms with Crippen molar-refractivity contribution in [1.82, 2.24) is 4.98 Å². The van der Waals surface area contributed by atoms with Crippen LogP contribution < -0.4 is 10.2 Å². The van der Waals surface area contributed by atoms with Crippen LogP contribution >= 0.6 is 0 Å². The van der Waals surface area contributed by atoms with Crippen LogP contribution in [0.2, 0.25) is 0 Å². The Bertz CT molecular complexity index is 1190. The van der Waals surface area contributed by atoms with Crippen LogP contribution in [0.1, 0.15) is 46.3 Å². The predicted molar refractivity (Wildman–Crippen MR) is 121 cm³/mol. The van der Waals surface area contributed by atoms with Gasteiger partial charge in [-0.05, 0) is 60.9 Å². The summed E-state index contributed by atoms with van der Waals surface area (Å²) in [5, 5.41) is 30.7. The maximum absolute atomic E-state index is 11.7. The fraction of sp³-hybridized carbons (Fsp3) is 0.304. The topological polar surface area (TPSA) is 123 Å². The van der Waals surface area contributed by atoms with E-state index in [9.17, 15) is 25.0 Å². The summed E-state index contributed by atoms with van der Waals surface area (Å²) in [5.74, 6) is -0.00847. The molecule has 0 spiro atoms. The quantitative estimate of drug-likeness (QED) is 0.369. The minimum absolute atomic E-state index is 0.152. The fourth-order valence-electron chi connectivity index (χ4n) is 4.57. The number of fused-ring (bicyclic) bond motifs is 1. The first-order valence-corrected chi connectivity index (χ1v) is 10.5. The van der Waals surface area contributed by atoms with Crippen molar-refractivity contribution in [3.63, 3.8) is 0 Å². The number of benzene rings is 2. The average molecular weight is 434 g/mol. The van der Waals surface area contributed by atoms with Gasteiger partial charge >= 0.3 is 12.8 Å². The summed E-state index contributed by atoms with van der Waals surface area (Å²) in [7, 11) is -0.0825. The smallest absolute Gasteiger partial charge is 0.490 e. The monoisotopic (exact) mass is 434 g/mol. The molecule has 0 bridgehead atoms. The summed E-state index contributed by atoms with van der Waals surface area (Å²) in [5.41, 5.74) is 4.58. The van der Waals surface area contributed by atoms with Crippen LogP contribution in [0.15, 0.2) is 36.5 Å². The lowest BCUT2D eigenvalue weighted by Crippen LogP contribution is -2.31. The molecule has 1 aromatic heterocycles. The Kier molecular flexibility index (Phi) is 6.20. The molecule has 0 saturated carbocycles. The van der Waals surface area contributed by atoms with Crippen molar-refractivity contribution in [3.05, 3.63) is 68.9 Å². The van der Waals surface area contributed by atoms with Gasteiger partial charge in [-0.2, -0.15) is 0 Å². The number of aromatic nitrogens is 1. The molecule has 5 rings (SSSR count). The van der Waals surface area contributed by atoms with E-state index in [4.69, 9.17) is 4.74 Å². The molecule has 0 amide bonds. The number of carbonyl (C=O) groups is 1. The number of hydrogen-bond donors (Lipinski definition) is 2. The van der Waals surface area contributed by atoms with Gasteiger partial charge in [0.05, 0.1) is 17.5 Å². The van der Waals surface area contributed by atoms with Gasteiger partial charge < -0.3 is 14.8 Å². The van der Waals surface area contributed by atoms with E-state index in [-0.39, 0.29) is 22.8 Å². The van der Waals surface area contributed by atoms with Gasteiger partial charge in [0.15, 0.2) is 11.5 Å². The molecule has 0 saturated heterocycles. The van der Waals surface area contributed by atoms with Gasteiger partial charge in [-0.15, -0.1) is 0 Å². The summed E-state index contributed by atoms with van der Waals surface area (Å²) in [6, 6.07) is 9.07. The maximum Gasteiger partial charge on any atom is 0.490 e. The second kappa shape index (κ2) is 9.06. The lowest BCUT2D eigenvalue weighted by Gasteiger charge is -2.18. The second-order valence-electron chi connectivity index (χ2n) is 7.92. The number of Topliss-reactive ketones (excluding diaryl/α,β-unsaturated/α-hetero) is 1. The van der Waals surface area contributed by atoms with Crippen LogP contribution in [-0.2, 0) is 19.3 Å². The Balaban J connectivity index is 0.000000153. The van der Waals surface area contributed by atoms with E-state index in [1.807, 2.05) is 12.1 Å². The highest BCUT2D eigenvalue weighted by atomic mass is 16.6. The number of pyridine rings is 1.